The molecule has 0 radical (unpaired) electrons. The van der Waals surface area contributed by atoms with E-state index in [4.69, 9.17) is 0 Å². The molecule has 2 rings (SSSR count). The van der Waals surface area contributed by atoms with E-state index in [0.717, 1.165) is 27.8 Å². The van der Waals surface area contributed by atoms with E-state index in [1.54, 1.807) is 11.8 Å². The third kappa shape index (κ3) is 1.50. The lowest BCUT2D eigenvalue weighted by Crippen LogP contribution is -1.95. The number of thioether (sulfide) groups is 1. The summed E-state index contributed by atoms with van der Waals surface area (Å²) in [6.07, 6.45) is 0. The molecule has 74 valence electrons. The molecule has 2 aromatic heterocycles. The number of rotatable bonds is 2. The Labute approximate surface area is 87.5 Å². The van der Waals surface area contributed by atoms with Gasteiger partial charge in [0, 0.05) is 0 Å². The Bertz CT molecular complexity index is 462. The van der Waals surface area contributed by atoms with E-state index in [2.05, 4.69) is 17.0 Å². The summed E-state index contributed by atoms with van der Waals surface area (Å²) in [5.74, 6) is 1.05. The summed E-state index contributed by atoms with van der Waals surface area (Å²) in [6, 6.07) is 4.00. The Balaban J connectivity index is 2.66. The van der Waals surface area contributed by atoms with Gasteiger partial charge < -0.3 is 0 Å². The van der Waals surface area contributed by atoms with Crippen molar-refractivity contribution in [3.8, 4) is 0 Å². The third-order valence-electron chi connectivity index (χ3n) is 2.01. The zero-order chi connectivity index (χ0) is 10.1. The van der Waals surface area contributed by atoms with Gasteiger partial charge in [0.05, 0.1) is 11.4 Å². The largest absolute Gasteiger partial charge is 0.231 e. The quantitative estimate of drug-likeness (QED) is 0.709. The second-order valence-electron chi connectivity index (χ2n) is 3.18. The van der Waals surface area contributed by atoms with Crippen LogP contribution in [0.1, 0.15) is 18.3 Å². The molecule has 0 aliphatic carbocycles. The van der Waals surface area contributed by atoms with Gasteiger partial charge in [-0.1, -0.05) is 6.92 Å². The van der Waals surface area contributed by atoms with Crippen LogP contribution in [0, 0.1) is 13.8 Å². The maximum absolute atomic E-state index is 4.45. The Morgan fingerprint density at radius 2 is 2.14 bits per heavy atom. The van der Waals surface area contributed by atoms with Gasteiger partial charge in [-0.2, -0.15) is 5.10 Å². The molecule has 0 atom stereocenters. The van der Waals surface area contributed by atoms with Crippen LogP contribution in [0.2, 0.25) is 0 Å². The van der Waals surface area contributed by atoms with Gasteiger partial charge in [0.15, 0.2) is 5.65 Å². The smallest absolute Gasteiger partial charge is 0.155 e. The Kier molecular flexibility index (Phi) is 2.46. The summed E-state index contributed by atoms with van der Waals surface area (Å²) in [5.41, 5.74) is 3.02. The normalized spacial score (nSPS) is 11.1. The van der Waals surface area contributed by atoms with Gasteiger partial charge in [-0.15, -0.1) is 11.8 Å². The monoisotopic (exact) mass is 207 g/mol. The van der Waals surface area contributed by atoms with Crippen LogP contribution in [0.25, 0.3) is 5.65 Å². The van der Waals surface area contributed by atoms with Crippen molar-refractivity contribution >= 4 is 17.4 Å². The van der Waals surface area contributed by atoms with E-state index in [1.807, 2.05) is 30.5 Å². The van der Waals surface area contributed by atoms with Crippen molar-refractivity contribution in [2.75, 3.05) is 5.75 Å². The second-order valence-corrected chi connectivity index (χ2v) is 4.43. The zero-order valence-corrected chi connectivity index (χ0v) is 9.43. The SMILES string of the molecule is CCSc1c(C)nc2ccc(C)nn12. The first-order valence-electron chi connectivity index (χ1n) is 4.68. The van der Waals surface area contributed by atoms with Gasteiger partial charge in [-0.05, 0) is 31.7 Å². The number of hydrogen-bond donors (Lipinski definition) is 0. The van der Waals surface area contributed by atoms with Crippen LogP contribution in [0.15, 0.2) is 17.2 Å². The summed E-state index contributed by atoms with van der Waals surface area (Å²) in [5, 5.41) is 5.61. The summed E-state index contributed by atoms with van der Waals surface area (Å²) in [6.45, 7) is 6.16. The van der Waals surface area contributed by atoms with Crippen molar-refractivity contribution in [2.24, 2.45) is 0 Å². The minimum absolute atomic E-state index is 0.934. The van der Waals surface area contributed by atoms with Crippen LogP contribution in [0.4, 0.5) is 0 Å². The van der Waals surface area contributed by atoms with Crippen molar-refractivity contribution < 1.29 is 0 Å². The van der Waals surface area contributed by atoms with Crippen LogP contribution < -0.4 is 0 Å². The van der Waals surface area contributed by atoms with Crippen molar-refractivity contribution in [3.05, 3.63) is 23.5 Å². The van der Waals surface area contributed by atoms with Gasteiger partial charge >= 0.3 is 0 Å². The van der Waals surface area contributed by atoms with Gasteiger partial charge in [0.1, 0.15) is 5.03 Å². The first-order valence-corrected chi connectivity index (χ1v) is 5.66. The summed E-state index contributed by atoms with van der Waals surface area (Å²) < 4.78 is 1.93. The minimum Gasteiger partial charge on any atom is -0.231 e. The van der Waals surface area contributed by atoms with Crippen LogP contribution in [0.5, 0.6) is 0 Å². The number of imidazole rings is 1. The summed E-state index contributed by atoms with van der Waals surface area (Å²) >= 11 is 1.78. The lowest BCUT2D eigenvalue weighted by Gasteiger charge is -1.99. The first-order chi connectivity index (χ1) is 6.72. The predicted molar refractivity (Wildman–Crippen MR) is 58.9 cm³/mol. The molecule has 0 aliphatic heterocycles. The number of hydrogen-bond acceptors (Lipinski definition) is 3. The average Bonchev–Trinajstić information content (AvgIpc) is 2.45. The topological polar surface area (TPSA) is 30.2 Å². The Morgan fingerprint density at radius 1 is 1.36 bits per heavy atom. The van der Waals surface area contributed by atoms with E-state index in [0.29, 0.717) is 0 Å². The highest BCUT2D eigenvalue weighted by Gasteiger charge is 2.08. The molecule has 0 saturated heterocycles. The number of aromatic nitrogens is 3. The van der Waals surface area contributed by atoms with Crippen LogP contribution in [0.3, 0.4) is 0 Å². The molecule has 4 heteroatoms. The van der Waals surface area contributed by atoms with Gasteiger partial charge in [-0.25, -0.2) is 9.50 Å². The molecule has 0 N–H and O–H groups in total. The molecule has 0 aliphatic rings. The van der Waals surface area contributed by atoms with Crippen molar-refractivity contribution in [3.63, 3.8) is 0 Å². The van der Waals surface area contributed by atoms with E-state index in [9.17, 15) is 0 Å². The number of nitrogens with zero attached hydrogens (tertiary/aromatic N) is 3. The third-order valence-corrected chi connectivity index (χ3v) is 3.04. The van der Waals surface area contributed by atoms with E-state index in [-0.39, 0.29) is 0 Å². The molecule has 0 fully saturated rings. The van der Waals surface area contributed by atoms with Crippen LogP contribution in [-0.4, -0.2) is 20.4 Å². The highest BCUT2D eigenvalue weighted by atomic mass is 32.2. The van der Waals surface area contributed by atoms with Gasteiger partial charge in [0.2, 0.25) is 0 Å². The standard InChI is InChI=1S/C10H13N3S/c1-4-14-10-8(3)11-9-6-5-7(2)12-13(9)10/h5-6H,4H2,1-3H3. The summed E-state index contributed by atoms with van der Waals surface area (Å²) in [7, 11) is 0. The number of fused-ring (bicyclic) bond motifs is 1. The lowest BCUT2D eigenvalue weighted by atomic mass is 10.4. The highest BCUT2D eigenvalue weighted by Crippen LogP contribution is 2.22. The maximum Gasteiger partial charge on any atom is 0.155 e. The summed E-state index contributed by atoms with van der Waals surface area (Å²) in [4.78, 5) is 4.45. The van der Waals surface area contributed by atoms with Gasteiger partial charge in [-0.3, -0.25) is 0 Å². The molecule has 2 heterocycles. The maximum atomic E-state index is 4.45. The van der Waals surface area contributed by atoms with E-state index >= 15 is 0 Å². The fraction of sp³-hybridized carbons (Fsp3) is 0.400. The van der Waals surface area contributed by atoms with Crippen molar-refractivity contribution in [1.29, 1.82) is 0 Å². The molecule has 2 aromatic rings. The molecule has 0 unspecified atom stereocenters. The van der Waals surface area contributed by atoms with E-state index < -0.39 is 0 Å². The predicted octanol–water partition coefficient (Wildman–Crippen LogP) is 2.46. The van der Waals surface area contributed by atoms with Crippen LogP contribution >= 0.6 is 11.8 Å². The molecular formula is C10H13N3S. The molecule has 0 aromatic carbocycles. The van der Waals surface area contributed by atoms with Crippen LogP contribution in [-0.2, 0) is 0 Å². The fourth-order valence-corrected chi connectivity index (χ4v) is 2.20. The second kappa shape index (κ2) is 3.61. The molecule has 0 saturated carbocycles. The first kappa shape index (κ1) is 9.52. The Hall–Kier alpha value is -1.03. The van der Waals surface area contributed by atoms with Crippen molar-refractivity contribution in [1.82, 2.24) is 14.6 Å². The average molecular weight is 207 g/mol. The van der Waals surface area contributed by atoms with Crippen molar-refractivity contribution in [2.45, 2.75) is 25.8 Å². The van der Waals surface area contributed by atoms with Gasteiger partial charge in [0.25, 0.3) is 0 Å². The zero-order valence-electron chi connectivity index (χ0n) is 8.61. The fourth-order valence-electron chi connectivity index (χ4n) is 1.42. The number of aryl methyl sites for hydroxylation is 2. The molecule has 0 spiro atoms. The molecular weight excluding hydrogens is 194 g/mol. The lowest BCUT2D eigenvalue weighted by molar-refractivity contribution is 0.824. The Morgan fingerprint density at radius 3 is 2.86 bits per heavy atom. The molecule has 0 amide bonds. The molecule has 14 heavy (non-hydrogen) atoms. The molecule has 3 nitrogen and oxygen atoms in total. The molecule has 0 bridgehead atoms. The minimum atomic E-state index is 0.934. The van der Waals surface area contributed by atoms with E-state index in [1.165, 1.54) is 0 Å². The highest BCUT2D eigenvalue weighted by molar-refractivity contribution is 7.99.